The lowest BCUT2D eigenvalue weighted by molar-refractivity contribution is -0.137. The Morgan fingerprint density at radius 3 is 2.39 bits per heavy atom. The summed E-state index contributed by atoms with van der Waals surface area (Å²) < 4.78 is 0. The van der Waals surface area contributed by atoms with E-state index in [1.807, 2.05) is 30.5 Å². The highest BCUT2D eigenvalue weighted by molar-refractivity contribution is 7.17. The molecule has 2 heterocycles. The van der Waals surface area contributed by atoms with Gasteiger partial charge in [-0.1, -0.05) is 61.5 Å². The van der Waals surface area contributed by atoms with Gasteiger partial charge in [0, 0.05) is 10.9 Å². The lowest BCUT2D eigenvalue weighted by atomic mass is 10.0. The second-order valence-electron chi connectivity index (χ2n) is 6.44. The highest BCUT2D eigenvalue weighted by Crippen LogP contribution is 2.37. The summed E-state index contributed by atoms with van der Waals surface area (Å²) in [5.74, 6) is -0.333. The third-order valence-electron chi connectivity index (χ3n) is 4.69. The first-order valence-corrected chi connectivity index (χ1v) is 9.92. The van der Waals surface area contributed by atoms with Crippen LogP contribution in [-0.4, -0.2) is 27.1 Å². The molecule has 1 unspecified atom stereocenters. The summed E-state index contributed by atoms with van der Waals surface area (Å²) in [5.41, 5.74) is 4.37. The molecule has 2 aromatic heterocycles. The normalized spacial score (nSPS) is 12.0. The summed E-state index contributed by atoms with van der Waals surface area (Å²) in [6, 6.07) is 17.9. The largest absolute Gasteiger partial charge is 0.480 e. The molecule has 2 N–H and O–H groups in total. The van der Waals surface area contributed by atoms with E-state index in [1.54, 1.807) is 0 Å². The van der Waals surface area contributed by atoms with E-state index in [4.69, 9.17) is 0 Å². The molecule has 0 radical (unpaired) electrons. The van der Waals surface area contributed by atoms with Crippen molar-refractivity contribution in [1.29, 1.82) is 0 Å². The minimum Gasteiger partial charge on any atom is -0.480 e. The molecule has 140 valence electrons. The number of nitrogens with zero attached hydrogens (tertiary/aromatic N) is 2. The molecular weight excluding hydrogens is 370 g/mol. The monoisotopic (exact) mass is 389 g/mol. The zero-order chi connectivity index (χ0) is 19.5. The molecule has 5 nitrogen and oxygen atoms in total. The van der Waals surface area contributed by atoms with Gasteiger partial charge in [0.1, 0.15) is 23.0 Å². The van der Waals surface area contributed by atoms with Crippen molar-refractivity contribution in [2.75, 3.05) is 5.32 Å². The molecule has 0 spiro atoms. The Morgan fingerprint density at radius 1 is 1.04 bits per heavy atom. The second kappa shape index (κ2) is 7.78. The number of benzene rings is 2. The number of aliphatic carboxylic acids is 1. The van der Waals surface area contributed by atoms with Crippen molar-refractivity contribution in [2.45, 2.75) is 19.4 Å². The first-order chi connectivity index (χ1) is 13.7. The van der Waals surface area contributed by atoms with Crippen LogP contribution in [0.15, 0.2) is 66.3 Å². The van der Waals surface area contributed by atoms with Crippen molar-refractivity contribution >= 4 is 33.3 Å². The van der Waals surface area contributed by atoms with E-state index < -0.39 is 12.0 Å². The average Bonchev–Trinajstić information content (AvgIpc) is 3.17. The number of rotatable bonds is 6. The number of nitrogens with one attached hydrogen (secondary N) is 1. The lowest BCUT2D eigenvalue weighted by Crippen LogP contribution is -2.28. The van der Waals surface area contributed by atoms with Crippen molar-refractivity contribution in [3.05, 3.63) is 66.3 Å². The molecule has 0 amide bonds. The van der Waals surface area contributed by atoms with Crippen LogP contribution >= 0.6 is 11.3 Å². The van der Waals surface area contributed by atoms with Crippen LogP contribution < -0.4 is 5.32 Å². The van der Waals surface area contributed by atoms with Crippen molar-refractivity contribution in [3.63, 3.8) is 0 Å². The van der Waals surface area contributed by atoms with Crippen molar-refractivity contribution in [3.8, 4) is 22.3 Å². The predicted molar refractivity (Wildman–Crippen MR) is 114 cm³/mol. The van der Waals surface area contributed by atoms with E-state index in [1.165, 1.54) is 23.2 Å². The molecule has 4 rings (SSSR count). The molecule has 1 atom stereocenters. The van der Waals surface area contributed by atoms with Gasteiger partial charge < -0.3 is 10.4 Å². The fourth-order valence-electron chi connectivity index (χ4n) is 3.17. The molecule has 0 aliphatic heterocycles. The number of aromatic nitrogens is 2. The number of hydrogen-bond acceptors (Lipinski definition) is 5. The average molecular weight is 389 g/mol. The topological polar surface area (TPSA) is 75.1 Å². The Labute approximate surface area is 166 Å². The Kier molecular flexibility index (Phi) is 5.04. The fraction of sp³-hybridized carbons (Fsp3) is 0.136. The summed E-state index contributed by atoms with van der Waals surface area (Å²) in [6.45, 7) is 1.83. The summed E-state index contributed by atoms with van der Waals surface area (Å²) in [6.07, 6.45) is 1.93. The molecule has 0 fully saturated rings. The lowest BCUT2D eigenvalue weighted by Gasteiger charge is -2.14. The fourth-order valence-corrected chi connectivity index (χ4v) is 4.09. The molecule has 0 bridgehead atoms. The summed E-state index contributed by atoms with van der Waals surface area (Å²) in [4.78, 5) is 20.9. The minimum absolute atomic E-state index is 0.464. The third-order valence-corrected chi connectivity index (χ3v) is 5.58. The number of carboxylic acid groups (broad SMARTS) is 1. The van der Waals surface area contributed by atoms with Crippen LogP contribution in [0.2, 0.25) is 0 Å². The smallest absolute Gasteiger partial charge is 0.326 e. The van der Waals surface area contributed by atoms with Crippen LogP contribution in [0, 0.1) is 0 Å². The van der Waals surface area contributed by atoms with E-state index in [9.17, 15) is 9.90 Å². The van der Waals surface area contributed by atoms with Gasteiger partial charge in [-0.2, -0.15) is 0 Å². The molecule has 0 saturated carbocycles. The van der Waals surface area contributed by atoms with E-state index in [0.717, 1.165) is 26.9 Å². The van der Waals surface area contributed by atoms with Crippen LogP contribution in [-0.2, 0) is 4.79 Å². The van der Waals surface area contributed by atoms with Crippen molar-refractivity contribution in [1.82, 2.24) is 9.97 Å². The van der Waals surface area contributed by atoms with Crippen LogP contribution in [0.5, 0.6) is 0 Å². The van der Waals surface area contributed by atoms with Gasteiger partial charge in [0.2, 0.25) is 0 Å². The number of anilines is 1. The van der Waals surface area contributed by atoms with Crippen LogP contribution in [0.3, 0.4) is 0 Å². The first-order valence-electron chi connectivity index (χ1n) is 9.04. The molecule has 0 aliphatic carbocycles. The van der Waals surface area contributed by atoms with Gasteiger partial charge >= 0.3 is 5.97 Å². The van der Waals surface area contributed by atoms with Crippen LogP contribution in [0.4, 0.5) is 5.82 Å². The summed E-state index contributed by atoms with van der Waals surface area (Å²) in [5, 5.41) is 15.3. The molecule has 4 aromatic rings. The van der Waals surface area contributed by atoms with Crippen molar-refractivity contribution < 1.29 is 9.90 Å². The van der Waals surface area contributed by atoms with E-state index >= 15 is 0 Å². The number of carbonyl (C=O) groups is 1. The maximum Gasteiger partial charge on any atom is 0.326 e. The number of fused-ring (bicyclic) bond motifs is 1. The Morgan fingerprint density at radius 2 is 1.71 bits per heavy atom. The molecule has 0 aliphatic rings. The molecule has 28 heavy (non-hydrogen) atoms. The van der Waals surface area contributed by atoms with Crippen LogP contribution in [0.1, 0.15) is 13.3 Å². The Balaban J connectivity index is 1.74. The molecule has 6 heteroatoms. The van der Waals surface area contributed by atoms with E-state index in [2.05, 4.69) is 51.7 Å². The quantitative estimate of drug-likeness (QED) is 0.468. The summed E-state index contributed by atoms with van der Waals surface area (Å²) in [7, 11) is 0. The van der Waals surface area contributed by atoms with E-state index in [-0.39, 0.29) is 0 Å². The summed E-state index contributed by atoms with van der Waals surface area (Å²) >= 11 is 1.53. The van der Waals surface area contributed by atoms with Gasteiger partial charge in [0.25, 0.3) is 0 Å². The number of hydrogen-bond donors (Lipinski definition) is 2. The van der Waals surface area contributed by atoms with Crippen LogP contribution in [0.25, 0.3) is 32.5 Å². The molecular formula is C22H19N3O2S. The standard InChI is InChI=1S/C22H19N3O2S/c1-2-18(22(26)27)25-20-19-17(12-28-21(19)24-13-23-20)16-10-8-15(9-11-16)14-6-4-3-5-7-14/h3-13,18H,2H2,1H3,(H,26,27)(H,23,24,25). The van der Waals surface area contributed by atoms with Gasteiger partial charge in [-0.25, -0.2) is 14.8 Å². The van der Waals surface area contributed by atoms with Crippen molar-refractivity contribution in [2.24, 2.45) is 0 Å². The highest BCUT2D eigenvalue weighted by Gasteiger charge is 2.19. The number of carboxylic acids is 1. The predicted octanol–water partition coefficient (Wildman–Crippen LogP) is 5.30. The highest BCUT2D eigenvalue weighted by atomic mass is 32.1. The Bertz CT molecular complexity index is 1110. The minimum atomic E-state index is -0.891. The maximum absolute atomic E-state index is 11.4. The van der Waals surface area contributed by atoms with Gasteiger partial charge in [0.05, 0.1) is 5.39 Å². The van der Waals surface area contributed by atoms with Gasteiger partial charge in [-0.15, -0.1) is 11.3 Å². The maximum atomic E-state index is 11.4. The third kappa shape index (κ3) is 3.46. The Hall–Kier alpha value is -3.25. The zero-order valence-electron chi connectivity index (χ0n) is 15.3. The van der Waals surface area contributed by atoms with Gasteiger partial charge in [0.15, 0.2) is 0 Å². The molecule has 2 aromatic carbocycles. The zero-order valence-corrected chi connectivity index (χ0v) is 16.1. The SMILES string of the molecule is CCC(Nc1ncnc2scc(-c3ccc(-c4ccccc4)cc3)c12)C(=O)O. The van der Waals surface area contributed by atoms with Gasteiger partial charge in [-0.05, 0) is 23.1 Å². The van der Waals surface area contributed by atoms with Gasteiger partial charge in [-0.3, -0.25) is 0 Å². The first kappa shape index (κ1) is 18.1. The second-order valence-corrected chi connectivity index (χ2v) is 7.30. The molecule has 0 saturated heterocycles. The number of thiophene rings is 1. The van der Waals surface area contributed by atoms with E-state index in [0.29, 0.717) is 12.2 Å².